The lowest BCUT2D eigenvalue weighted by atomic mass is 10.0. The van der Waals surface area contributed by atoms with Crippen LogP contribution in [0.2, 0.25) is 0 Å². The third kappa shape index (κ3) is 4.06. The van der Waals surface area contributed by atoms with Gasteiger partial charge in [0.1, 0.15) is 5.69 Å². The van der Waals surface area contributed by atoms with Gasteiger partial charge < -0.3 is 9.72 Å². The van der Waals surface area contributed by atoms with Crippen LogP contribution in [0.3, 0.4) is 0 Å². The Kier molecular flexibility index (Phi) is 5.92. The van der Waals surface area contributed by atoms with E-state index in [-0.39, 0.29) is 11.6 Å². The molecule has 0 aliphatic carbocycles. The fourth-order valence-corrected chi connectivity index (χ4v) is 2.93. The number of hydrogen-bond acceptors (Lipinski definition) is 4. The molecular weight excluding hydrogens is 326 g/mol. The van der Waals surface area contributed by atoms with Gasteiger partial charge >= 0.3 is 0 Å². The average Bonchev–Trinajstić information content (AvgIpc) is 3.15. The summed E-state index contributed by atoms with van der Waals surface area (Å²) in [5, 5.41) is 3.30. The second kappa shape index (κ2) is 8.54. The first kappa shape index (κ1) is 18.0. The summed E-state index contributed by atoms with van der Waals surface area (Å²) in [6, 6.07) is 12.5. The molecule has 5 heteroatoms. The van der Waals surface area contributed by atoms with Crippen molar-refractivity contribution in [2.75, 3.05) is 13.1 Å². The average molecular weight is 349 g/mol. The summed E-state index contributed by atoms with van der Waals surface area (Å²) in [4.78, 5) is 29.6. The highest BCUT2D eigenvalue weighted by atomic mass is 16.1. The van der Waals surface area contributed by atoms with E-state index in [0.29, 0.717) is 23.4 Å². The summed E-state index contributed by atoms with van der Waals surface area (Å²) in [6.45, 7) is 3.91. The van der Waals surface area contributed by atoms with E-state index in [1.807, 2.05) is 24.4 Å². The maximum absolute atomic E-state index is 12.9. The predicted molar refractivity (Wildman–Crippen MR) is 102 cm³/mol. The number of carbonyl (C=O) groups excluding carboxylic acids is 2. The van der Waals surface area contributed by atoms with E-state index in [1.54, 1.807) is 34.9 Å². The Bertz CT molecular complexity index is 900. The van der Waals surface area contributed by atoms with Crippen LogP contribution < -0.4 is 5.32 Å². The van der Waals surface area contributed by atoms with Crippen LogP contribution >= 0.6 is 0 Å². The molecule has 0 atom stereocenters. The first-order valence-electron chi connectivity index (χ1n) is 9.01. The van der Waals surface area contributed by atoms with Gasteiger partial charge in [-0.3, -0.25) is 14.6 Å². The highest BCUT2D eigenvalue weighted by Crippen LogP contribution is 2.17. The normalized spacial score (nSPS) is 11.0. The Morgan fingerprint density at radius 2 is 2.00 bits per heavy atom. The quantitative estimate of drug-likeness (QED) is 0.474. The second-order valence-electron chi connectivity index (χ2n) is 6.25. The molecule has 3 aromatic rings. The van der Waals surface area contributed by atoms with E-state index >= 15 is 0 Å². The Hall–Kier alpha value is -2.79. The third-order valence-corrected chi connectivity index (χ3v) is 4.27. The van der Waals surface area contributed by atoms with Crippen LogP contribution in [0.15, 0.2) is 54.9 Å². The lowest BCUT2D eigenvalue weighted by Crippen LogP contribution is -2.17. The molecule has 0 saturated heterocycles. The standard InChI is InChI=1S/C21H23N3O2/c1-2-10-22-11-5-9-20(25)16-14-17-7-6-13-24(17)19(15-16)21(26)18-8-3-4-12-23-18/h3-4,6-8,12-15,22H,2,5,9-11H2,1H3. The van der Waals surface area contributed by atoms with Crippen LogP contribution in [0.5, 0.6) is 0 Å². The summed E-state index contributed by atoms with van der Waals surface area (Å²) in [5.74, 6) is -0.131. The van der Waals surface area contributed by atoms with Gasteiger partial charge in [0.05, 0.1) is 5.69 Å². The molecule has 3 aromatic heterocycles. The van der Waals surface area contributed by atoms with Crippen molar-refractivity contribution in [2.45, 2.75) is 26.2 Å². The molecule has 26 heavy (non-hydrogen) atoms. The van der Waals surface area contributed by atoms with Gasteiger partial charge in [0.2, 0.25) is 5.78 Å². The minimum Gasteiger partial charge on any atom is -0.317 e. The predicted octanol–water partition coefficient (Wildman–Crippen LogP) is 3.53. The number of aromatic nitrogens is 2. The van der Waals surface area contributed by atoms with Gasteiger partial charge in [-0.05, 0) is 62.3 Å². The summed E-state index contributed by atoms with van der Waals surface area (Å²) in [5.41, 5.74) is 2.24. The molecule has 0 bridgehead atoms. The minimum absolute atomic E-state index is 0.0575. The molecule has 0 radical (unpaired) electrons. The number of Topliss-reactive ketones (excluding diaryl/α,β-unsaturated/α-hetero) is 1. The molecule has 0 aromatic carbocycles. The fourth-order valence-electron chi connectivity index (χ4n) is 2.93. The topological polar surface area (TPSA) is 63.5 Å². The number of nitrogens with one attached hydrogen (secondary N) is 1. The summed E-state index contributed by atoms with van der Waals surface area (Å²) in [7, 11) is 0. The zero-order valence-corrected chi connectivity index (χ0v) is 14.9. The van der Waals surface area contributed by atoms with Crippen LogP contribution in [0.1, 0.15) is 52.7 Å². The fraction of sp³-hybridized carbons (Fsp3) is 0.286. The Labute approximate surface area is 153 Å². The van der Waals surface area contributed by atoms with Crippen molar-refractivity contribution in [1.29, 1.82) is 0 Å². The lowest BCUT2D eigenvalue weighted by molar-refractivity contribution is 0.0980. The molecule has 1 N–H and O–H groups in total. The second-order valence-corrected chi connectivity index (χ2v) is 6.25. The zero-order valence-electron chi connectivity index (χ0n) is 14.9. The number of fused-ring (bicyclic) bond motifs is 1. The molecule has 3 rings (SSSR count). The van der Waals surface area contributed by atoms with Crippen LogP contribution in [0, 0.1) is 0 Å². The molecule has 0 fully saturated rings. The Morgan fingerprint density at radius 3 is 2.77 bits per heavy atom. The van der Waals surface area contributed by atoms with Gasteiger partial charge in [0.15, 0.2) is 5.78 Å². The molecule has 5 nitrogen and oxygen atoms in total. The van der Waals surface area contributed by atoms with Crippen molar-refractivity contribution in [2.24, 2.45) is 0 Å². The van der Waals surface area contributed by atoms with E-state index in [9.17, 15) is 9.59 Å². The van der Waals surface area contributed by atoms with Gasteiger partial charge in [-0.15, -0.1) is 0 Å². The van der Waals surface area contributed by atoms with E-state index in [0.717, 1.165) is 31.4 Å². The largest absolute Gasteiger partial charge is 0.317 e. The maximum atomic E-state index is 12.9. The van der Waals surface area contributed by atoms with Crippen molar-refractivity contribution in [3.63, 3.8) is 0 Å². The Balaban J connectivity index is 1.84. The van der Waals surface area contributed by atoms with Gasteiger partial charge in [0, 0.05) is 29.9 Å². The number of pyridine rings is 2. The molecule has 0 spiro atoms. The minimum atomic E-state index is -0.189. The number of rotatable bonds is 9. The van der Waals surface area contributed by atoms with E-state index < -0.39 is 0 Å². The third-order valence-electron chi connectivity index (χ3n) is 4.27. The van der Waals surface area contributed by atoms with Crippen LogP contribution in [-0.2, 0) is 0 Å². The number of ketones is 2. The van der Waals surface area contributed by atoms with Crippen molar-refractivity contribution in [3.05, 3.63) is 71.8 Å². The van der Waals surface area contributed by atoms with Gasteiger partial charge in [-0.25, -0.2) is 0 Å². The van der Waals surface area contributed by atoms with Crippen LogP contribution in [0.4, 0.5) is 0 Å². The molecule has 3 heterocycles. The number of carbonyl (C=O) groups is 2. The Morgan fingerprint density at radius 1 is 1.12 bits per heavy atom. The van der Waals surface area contributed by atoms with Crippen molar-refractivity contribution < 1.29 is 9.59 Å². The summed E-state index contributed by atoms with van der Waals surface area (Å²) < 4.78 is 1.80. The number of hydrogen-bond donors (Lipinski definition) is 1. The van der Waals surface area contributed by atoms with Crippen molar-refractivity contribution >= 4 is 17.1 Å². The maximum Gasteiger partial charge on any atom is 0.228 e. The van der Waals surface area contributed by atoms with Gasteiger partial charge in [-0.1, -0.05) is 13.0 Å². The van der Waals surface area contributed by atoms with E-state index in [2.05, 4.69) is 17.2 Å². The van der Waals surface area contributed by atoms with Crippen LogP contribution in [-0.4, -0.2) is 34.0 Å². The monoisotopic (exact) mass is 349 g/mol. The van der Waals surface area contributed by atoms with Crippen molar-refractivity contribution in [3.8, 4) is 0 Å². The molecular formula is C21H23N3O2. The van der Waals surface area contributed by atoms with Gasteiger partial charge in [0.25, 0.3) is 0 Å². The SMILES string of the molecule is CCCNCCCC(=O)c1cc(C(=O)c2ccccn2)n2cccc2c1. The molecule has 0 saturated carbocycles. The first-order valence-corrected chi connectivity index (χ1v) is 9.01. The lowest BCUT2D eigenvalue weighted by Gasteiger charge is -2.09. The smallest absolute Gasteiger partial charge is 0.228 e. The highest BCUT2D eigenvalue weighted by molar-refractivity contribution is 6.09. The molecule has 0 amide bonds. The molecule has 134 valence electrons. The zero-order chi connectivity index (χ0) is 18.4. The van der Waals surface area contributed by atoms with Crippen molar-refractivity contribution in [1.82, 2.24) is 14.7 Å². The summed E-state index contributed by atoms with van der Waals surface area (Å²) >= 11 is 0. The first-order chi connectivity index (χ1) is 12.7. The number of nitrogens with zero attached hydrogens (tertiary/aromatic N) is 2. The van der Waals surface area contributed by atoms with Gasteiger partial charge in [-0.2, -0.15) is 0 Å². The molecule has 0 unspecified atom stereocenters. The van der Waals surface area contributed by atoms with E-state index in [1.165, 1.54) is 0 Å². The molecule has 0 aliphatic heterocycles. The molecule has 0 aliphatic rings. The van der Waals surface area contributed by atoms with Crippen LogP contribution in [0.25, 0.3) is 5.52 Å². The highest BCUT2D eigenvalue weighted by Gasteiger charge is 2.17. The van der Waals surface area contributed by atoms with E-state index in [4.69, 9.17) is 0 Å². The summed E-state index contributed by atoms with van der Waals surface area (Å²) in [6.07, 6.45) is 5.75.